The van der Waals surface area contributed by atoms with Crippen molar-refractivity contribution in [3.8, 4) is 0 Å². The molecule has 0 spiro atoms. The van der Waals surface area contributed by atoms with E-state index in [1.165, 1.54) is 11.3 Å². The Hall–Kier alpha value is -2.67. The van der Waals surface area contributed by atoms with Gasteiger partial charge in [0.1, 0.15) is 5.82 Å². The van der Waals surface area contributed by atoms with E-state index < -0.39 is 0 Å². The Morgan fingerprint density at radius 1 is 1.21 bits per heavy atom. The van der Waals surface area contributed by atoms with Crippen molar-refractivity contribution in [3.05, 3.63) is 36.0 Å². The monoisotopic (exact) mass is 377 g/mol. The van der Waals surface area contributed by atoms with Gasteiger partial charge in [-0.15, -0.1) is 0 Å². The van der Waals surface area contributed by atoms with Crippen molar-refractivity contribution in [2.24, 2.45) is 11.7 Å². The number of fused-ring (bicyclic) bond motifs is 2. The van der Waals surface area contributed by atoms with Crippen LogP contribution in [0.25, 0.3) is 11.2 Å². The van der Waals surface area contributed by atoms with E-state index in [0.717, 1.165) is 61.7 Å². The number of nitrogens with one attached hydrogen (secondary N) is 1. The second kappa shape index (κ2) is 6.44. The SMILES string of the molecule is CC1Cc2ccccc2N(c2n[nH]c3nc(N4CCC(C)(N)CC4)cnc23)C1. The van der Waals surface area contributed by atoms with Crippen LogP contribution in [0.1, 0.15) is 32.3 Å². The number of nitrogens with zero attached hydrogens (tertiary/aromatic N) is 5. The number of hydrogen-bond acceptors (Lipinski definition) is 6. The topological polar surface area (TPSA) is 87.0 Å². The van der Waals surface area contributed by atoms with Gasteiger partial charge in [-0.25, -0.2) is 9.97 Å². The number of anilines is 3. The van der Waals surface area contributed by atoms with Gasteiger partial charge in [-0.05, 0) is 43.7 Å². The molecule has 0 amide bonds. The summed E-state index contributed by atoms with van der Waals surface area (Å²) in [6, 6.07) is 8.57. The van der Waals surface area contributed by atoms with Crippen LogP contribution in [0.5, 0.6) is 0 Å². The van der Waals surface area contributed by atoms with Crippen LogP contribution in [-0.4, -0.2) is 45.3 Å². The zero-order valence-electron chi connectivity index (χ0n) is 16.5. The Bertz CT molecular complexity index is 999. The molecule has 2 aromatic heterocycles. The largest absolute Gasteiger partial charge is 0.355 e. The van der Waals surface area contributed by atoms with Crippen molar-refractivity contribution in [1.82, 2.24) is 20.2 Å². The van der Waals surface area contributed by atoms with Gasteiger partial charge in [-0.1, -0.05) is 25.1 Å². The average Bonchev–Trinajstić information content (AvgIpc) is 3.10. The molecule has 7 nitrogen and oxygen atoms in total. The lowest BCUT2D eigenvalue weighted by atomic mass is 9.91. The minimum absolute atomic E-state index is 0.0759. The summed E-state index contributed by atoms with van der Waals surface area (Å²) in [5, 5.41) is 7.71. The molecule has 0 radical (unpaired) electrons. The summed E-state index contributed by atoms with van der Waals surface area (Å²) in [6.07, 6.45) is 4.90. The number of rotatable bonds is 2. The highest BCUT2D eigenvalue weighted by molar-refractivity contribution is 5.87. The standard InChI is InChI=1S/C21H27N7/c1-14-11-15-5-3-4-6-16(15)28(13-14)20-18-19(25-26-20)24-17(12-23-18)27-9-7-21(2,22)8-10-27/h3-6,12,14H,7-11,13,22H2,1-2H3,(H,24,25,26). The predicted molar refractivity (Wildman–Crippen MR) is 112 cm³/mol. The molecular formula is C21H27N7. The van der Waals surface area contributed by atoms with E-state index in [4.69, 9.17) is 15.7 Å². The quantitative estimate of drug-likeness (QED) is 0.714. The van der Waals surface area contributed by atoms with Crippen molar-refractivity contribution >= 4 is 28.5 Å². The molecule has 0 aliphatic carbocycles. The lowest BCUT2D eigenvalue weighted by molar-refractivity contribution is 0.363. The lowest BCUT2D eigenvalue weighted by Crippen LogP contribution is -2.48. The van der Waals surface area contributed by atoms with E-state index in [2.05, 4.69) is 58.1 Å². The number of benzene rings is 1. The van der Waals surface area contributed by atoms with E-state index in [-0.39, 0.29) is 5.54 Å². The normalized spacial score (nSPS) is 21.8. The number of aromatic amines is 1. The van der Waals surface area contributed by atoms with Gasteiger partial charge >= 0.3 is 0 Å². The molecule has 3 N–H and O–H groups in total. The average molecular weight is 377 g/mol. The summed E-state index contributed by atoms with van der Waals surface area (Å²) < 4.78 is 0. The first-order valence-corrected chi connectivity index (χ1v) is 10.1. The fourth-order valence-electron chi connectivity index (χ4n) is 4.36. The molecule has 1 atom stereocenters. The minimum Gasteiger partial charge on any atom is -0.355 e. The summed E-state index contributed by atoms with van der Waals surface area (Å²) in [5.41, 5.74) is 10.3. The van der Waals surface area contributed by atoms with Crippen LogP contribution in [0.15, 0.2) is 30.5 Å². The predicted octanol–water partition coefficient (Wildman–Crippen LogP) is 3.00. The first-order chi connectivity index (χ1) is 13.5. The maximum absolute atomic E-state index is 6.26. The summed E-state index contributed by atoms with van der Waals surface area (Å²) >= 11 is 0. The molecule has 1 unspecified atom stereocenters. The first-order valence-electron chi connectivity index (χ1n) is 10.1. The van der Waals surface area contributed by atoms with Crippen LogP contribution >= 0.6 is 0 Å². The minimum atomic E-state index is -0.0759. The highest BCUT2D eigenvalue weighted by atomic mass is 15.3. The van der Waals surface area contributed by atoms with E-state index in [1.54, 1.807) is 0 Å². The number of aromatic nitrogens is 4. The Kier molecular flexibility index (Phi) is 4.01. The van der Waals surface area contributed by atoms with E-state index in [9.17, 15) is 0 Å². The lowest BCUT2D eigenvalue weighted by Gasteiger charge is -2.37. The molecule has 2 aliphatic rings. The Labute approximate surface area is 165 Å². The van der Waals surface area contributed by atoms with Gasteiger partial charge in [-0.2, -0.15) is 5.10 Å². The van der Waals surface area contributed by atoms with Crippen molar-refractivity contribution in [2.75, 3.05) is 29.4 Å². The third-order valence-corrected chi connectivity index (χ3v) is 6.07. The van der Waals surface area contributed by atoms with E-state index in [1.807, 2.05) is 6.20 Å². The molecule has 7 heteroatoms. The Morgan fingerprint density at radius 2 is 2.00 bits per heavy atom. The maximum Gasteiger partial charge on any atom is 0.183 e. The fraction of sp³-hybridized carbons (Fsp3) is 0.476. The molecule has 1 aromatic carbocycles. The molecule has 4 heterocycles. The molecule has 28 heavy (non-hydrogen) atoms. The van der Waals surface area contributed by atoms with Crippen LogP contribution in [0, 0.1) is 5.92 Å². The molecule has 146 valence electrons. The summed E-state index contributed by atoms with van der Waals surface area (Å²) in [4.78, 5) is 14.1. The molecule has 1 fully saturated rings. The number of hydrogen-bond donors (Lipinski definition) is 2. The second-order valence-electron chi connectivity index (χ2n) is 8.66. The van der Waals surface area contributed by atoms with Crippen molar-refractivity contribution in [1.29, 1.82) is 0 Å². The summed E-state index contributed by atoms with van der Waals surface area (Å²) in [5.74, 6) is 2.32. The first kappa shape index (κ1) is 17.4. The van der Waals surface area contributed by atoms with Gasteiger partial charge in [0.25, 0.3) is 0 Å². The number of piperidine rings is 1. The molecule has 5 rings (SSSR count). The third kappa shape index (κ3) is 2.99. The highest BCUT2D eigenvalue weighted by Crippen LogP contribution is 2.36. The second-order valence-corrected chi connectivity index (χ2v) is 8.66. The maximum atomic E-state index is 6.26. The van der Waals surface area contributed by atoms with Gasteiger partial charge in [0.2, 0.25) is 0 Å². The molecule has 2 aliphatic heterocycles. The van der Waals surface area contributed by atoms with Gasteiger partial charge in [0.05, 0.1) is 6.20 Å². The smallest absolute Gasteiger partial charge is 0.183 e. The van der Waals surface area contributed by atoms with Crippen LogP contribution in [0.2, 0.25) is 0 Å². The Balaban J connectivity index is 1.48. The number of para-hydroxylation sites is 1. The van der Waals surface area contributed by atoms with Crippen LogP contribution < -0.4 is 15.5 Å². The molecule has 3 aromatic rings. The van der Waals surface area contributed by atoms with Gasteiger partial charge in [0, 0.05) is 30.9 Å². The van der Waals surface area contributed by atoms with Gasteiger partial charge in [-0.3, -0.25) is 5.10 Å². The Morgan fingerprint density at radius 3 is 2.82 bits per heavy atom. The number of H-pyrrole nitrogens is 1. The van der Waals surface area contributed by atoms with Crippen LogP contribution in [0.3, 0.4) is 0 Å². The highest BCUT2D eigenvalue weighted by Gasteiger charge is 2.28. The molecule has 1 saturated heterocycles. The molecule has 0 bridgehead atoms. The third-order valence-electron chi connectivity index (χ3n) is 6.07. The van der Waals surface area contributed by atoms with Gasteiger partial charge in [0.15, 0.2) is 17.0 Å². The van der Waals surface area contributed by atoms with Gasteiger partial charge < -0.3 is 15.5 Å². The van der Waals surface area contributed by atoms with Crippen molar-refractivity contribution in [2.45, 2.75) is 38.6 Å². The van der Waals surface area contributed by atoms with E-state index >= 15 is 0 Å². The van der Waals surface area contributed by atoms with Crippen LogP contribution in [-0.2, 0) is 6.42 Å². The zero-order chi connectivity index (χ0) is 19.3. The fourth-order valence-corrected chi connectivity index (χ4v) is 4.36. The summed E-state index contributed by atoms with van der Waals surface area (Å²) in [6.45, 7) is 7.15. The number of nitrogens with two attached hydrogens (primary N) is 1. The zero-order valence-corrected chi connectivity index (χ0v) is 16.5. The summed E-state index contributed by atoms with van der Waals surface area (Å²) in [7, 11) is 0. The molecule has 0 saturated carbocycles. The van der Waals surface area contributed by atoms with Crippen LogP contribution in [0.4, 0.5) is 17.3 Å². The van der Waals surface area contributed by atoms with Crippen molar-refractivity contribution in [3.63, 3.8) is 0 Å². The molecular weight excluding hydrogens is 350 g/mol. The van der Waals surface area contributed by atoms with Crippen molar-refractivity contribution < 1.29 is 0 Å². The van der Waals surface area contributed by atoms with E-state index in [0.29, 0.717) is 5.92 Å².